The smallest absolute Gasteiger partial charge is 0.370 e. The monoisotopic (exact) mass is 256 g/mol. The lowest BCUT2D eigenvalue weighted by Crippen LogP contribution is -2.18. The summed E-state index contributed by atoms with van der Waals surface area (Å²) in [5.41, 5.74) is -0.218. The lowest BCUT2D eigenvalue weighted by Gasteiger charge is -2.20. The van der Waals surface area contributed by atoms with Gasteiger partial charge in [0.05, 0.1) is 11.3 Å². The van der Waals surface area contributed by atoms with E-state index in [0.29, 0.717) is 5.69 Å². The Morgan fingerprint density at radius 3 is 2.44 bits per heavy atom. The Labute approximate surface area is 102 Å². The minimum Gasteiger partial charge on any atom is -0.370 e. The highest BCUT2D eigenvalue weighted by Crippen LogP contribution is 2.37. The van der Waals surface area contributed by atoms with Crippen LogP contribution in [0.5, 0.6) is 0 Å². The van der Waals surface area contributed by atoms with Gasteiger partial charge < -0.3 is 4.90 Å². The molecule has 1 aromatic rings. The largest absolute Gasteiger partial charge is 0.416 e. The minimum atomic E-state index is -4.43. The number of hydrogen-bond donors (Lipinski definition) is 0. The lowest BCUT2D eigenvalue weighted by atomic mass is 10.1. The number of carbonyl (C=O) groups excluding carboxylic acids is 1. The third kappa shape index (κ3) is 2.54. The molecule has 0 atom stereocenters. The first-order valence-electron chi connectivity index (χ1n) is 5.56. The highest BCUT2D eigenvalue weighted by Gasteiger charge is 2.31. The van der Waals surface area contributed by atoms with Gasteiger partial charge in [0.2, 0.25) is 6.08 Å². The number of anilines is 1. The van der Waals surface area contributed by atoms with E-state index in [1.54, 1.807) is 0 Å². The summed E-state index contributed by atoms with van der Waals surface area (Å²) in [7, 11) is 0. The Morgan fingerprint density at radius 1 is 1.22 bits per heavy atom. The van der Waals surface area contributed by atoms with Crippen LogP contribution in [-0.4, -0.2) is 19.2 Å². The maximum absolute atomic E-state index is 12.6. The standard InChI is InChI=1S/C12H11F3N2O/c13-12(14,15)9-3-4-11(10(7-9)16-8-18)17-5-1-2-6-17/h3-4,7H,1-2,5-6H2. The fourth-order valence-corrected chi connectivity index (χ4v) is 2.06. The molecule has 0 radical (unpaired) electrons. The number of halogens is 3. The summed E-state index contributed by atoms with van der Waals surface area (Å²) in [4.78, 5) is 15.6. The zero-order valence-corrected chi connectivity index (χ0v) is 9.50. The summed E-state index contributed by atoms with van der Waals surface area (Å²) in [6.45, 7) is 1.54. The van der Waals surface area contributed by atoms with Gasteiger partial charge in [-0.1, -0.05) is 0 Å². The molecule has 0 unspecified atom stereocenters. The molecular formula is C12H11F3N2O. The van der Waals surface area contributed by atoms with Gasteiger partial charge in [0.25, 0.3) is 0 Å². The van der Waals surface area contributed by atoms with Crippen molar-refractivity contribution in [1.82, 2.24) is 0 Å². The molecule has 1 aliphatic rings. The molecule has 0 aliphatic carbocycles. The minimum absolute atomic E-state index is 0.0294. The molecule has 0 aromatic heterocycles. The predicted octanol–water partition coefficient (Wildman–Crippen LogP) is 3.27. The van der Waals surface area contributed by atoms with E-state index >= 15 is 0 Å². The molecule has 1 saturated heterocycles. The van der Waals surface area contributed by atoms with Crippen molar-refractivity contribution >= 4 is 17.5 Å². The molecule has 1 heterocycles. The fourth-order valence-electron chi connectivity index (χ4n) is 2.06. The van der Waals surface area contributed by atoms with E-state index in [4.69, 9.17) is 0 Å². The molecule has 3 nitrogen and oxygen atoms in total. The van der Waals surface area contributed by atoms with Crippen LogP contribution in [0.15, 0.2) is 23.2 Å². The van der Waals surface area contributed by atoms with Crippen molar-refractivity contribution in [3.05, 3.63) is 23.8 Å². The Balaban J connectivity index is 2.44. The summed E-state index contributed by atoms with van der Waals surface area (Å²) >= 11 is 0. The first-order valence-corrected chi connectivity index (χ1v) is 5.56. The number of benzene rings is 1. The van der Waals surface area contributed by atoms with Gasteiger partial charge in [-0.2, -0.15) is 18.2 Å². The van der Waals surface area contributed by atoms with E-state index in [9.17, 15) is 18.0 Å². The normalized spacial score (nSPS) is 15.6. The van der Waals surface area contributed by atoms with Crippen molar-refractivity contribution < 1.29 is 18.0 Å². The second-order valence-electron chi connectivity index (χ2n) is 4.10. The number of alkyl halides is 3. The molecule has 0 N–H and O–H groups in total. The van der Waals surface area contributed by atoms with Crippen LogP contribution in [-0.2, 0) is 11.0 Å². The lowest BCUT2D eigenvalue weighted by molar-refractivity contribution is -0.137. The van der Waals surface area contributed by atoms with Crippen LogP contribution in [0.4, 0.5) is 24.5 Å². The van der Waals surface area contributed by atoms with Gasteiger partial charge in [-0.3, -0.25) is 0 Å². The maximum atomic E-state index is 12.6. The van der Waals surface area contributed by atoms with Crippen LogP contribution in [0.2, 0.25) is 0 Å². The quantitative estimate of drug-likeness (QED) is 0.601. The molecule has 18 heavy (non-hydrogen) atoms. The fraction of sp³-hybridized carbons (Fsp3) is 0.417. The van der Waals surface area contributed by atoms with E-state index in [1.165, 1.54) is 12.1 Å². The van der Waals surface area contributed by atoms with Crippen LogP contribution >= 0.6 is 0 Å². The molecule has 1 aromatic carbocycles. The molecule has 1 aliphatic heterocycles. The van der Waals surface area contributed by atoms with Gasteiger partial charge in [0.1, 0.15) is 5.69 Å². The van der Waals surface area contributed by atoms with Gasteiger partial charge in [-0.15, -0.1) is 0 Å². The number of rotatable bonds is 2. The Hall–Kier alpha value is -1.81. The first kappa shape index (κ1) is 12.6. The molecule has 0 saturated carbocycles. The highest BCUT2D eigenvalue weighted by molar-refractivity contribution is 5.71. The SMILES string of the molecule is O=C=Nc1cc(C(F)(F)F)ccc1N1CCCC1. The number of hydrogen-bond acceptors (Lipinski definition) is 3. The van der Waals surface area contributed by atoms with Crippen molar-refractivity contribution in [2.45, 2.75) is 19.0 Å². The average Bonchev–Trinajstić information content (AvgIpc) is 2.81. The zero-order chi connectivity index (χ0) is 13.2. The Kier molecular flexibility index (Phi) is 3.39. The van der Waals surface area contributed by atoms with E-state index < -0.39 is 11.7 Å². The van der Waals surface area contributed by atoms with Crippen molar-refractivity contribution in [1.29, 1.82) is 0 Å². The van der Waals surface area contributed by atoms with Crippen LogP contribution in [0, 0.1) is 0 Å². The molecule has 0 amide bonds. The van der Waals surface area contributed by atoms with Gasteiger partial charge in [-0.25, -0.2) is 4.79 Å². The second kappa shape index (κ2) is 4.82. The van der Waals surface area contributed by atoms with Crippen molar-refractivity contribution in [2.75, 3.05) is 18.0 Å². The summed E-state index contributed by atoms with van der Waals surface area (Å²) in [5.74, 6) is 0. The maximum Gasteiger partial charge on any atom is 0.416 e. The molecule has 0 spiro atoms. The summed E-state index contributed by atoms with van der Waals surface area (Å²) < 4.78 is 37.7. The van der Waals surface area contributed by atoms with Crippen molar-refractivity contribution in [3.8, 4) is 0 Å². The number of isocyanates is 1. The predicted molar refractivity (Wildman–Crippen MR) is 60.7 cm³/mol. The summed E-state index contributed by atoms with van der Waals surface area (Å²) in [6, 6.07) is 3.26. The van der Waals surface area contributed by atoms with Gasteiger partial charge >= 0.3 is 6.18 Å². The van der Waals surface area contributed by atoms with E-state index in [2.05, 4.69) is 4.99 Å². The van der Waals surface area contributed by atoms with E-state index in [-0.39, 0.29) is 5.69 Å². The van der Waals surface area contributed by atoms with E-state index in [0.717, 1.165) is 38.1 Å². The van der Waals surface area contributed by atoms with Crippen LogP contribution < -0.4 is 4.90 Å². The Morgan fingerprint density at radius 2 is 1.89 bits per heavy atom. The number of aliphatic imine (C=N–C) groups is 1. The van der Waals surface area contributed by atoms with Gasteiger partial charge in [0, 0.05) is 13.1 Å². The topological polar surface area (TPSA) is 32.7 Å². The average molecular weight is 256 g/mol. The Bertz CT molecular complexity index is 487. The third-order valence-corrected chi connectivity index (χ3v) is 2.92. The van der Waals surface area contributed by atoms with E-state index in [1.807, 2.05) is 4.90 Å². The highest BCUT2D eigenvalue weighted by atomic mass is 19.4. The molecule has 0 bridgehead atoms. The summed E-state index contributed by atoms with van der Waals surface area (Å²) in [6.07, 6.45) is -1.14. The second-order valence-corrected chi connectivity index (χ2v) is 4.10. The van der Waals surface area contributed by atoms with Crippen molar-refractivity contribution in [2.24, 2.45) is 4.99 Å². The zero-order valence-electron chi connectivity index (χ0n) is 9.50. The molecule has 96 valence electrons. The molecule has 6 heteroatoms. The molecular weight excluding hydrogens is 245 g/mol. The third-order valence-electron chi connectivity index (χ3n) is 2.92. The van der Waals surface area contributed by atoms with Crippen molar-refractivity contribution in [3.63, 3.8) is 0 Å². The molecule has 1 fully saturated rings. The molecule has 2 rings (SSSR count). The van der Waals surface area contributed by atoms with Gasteiger partial charge in [-0.05, 0) is 31.0 Å². The van der Waals surface area contributed by atoms with Crippen LogP contribution in [0.25, 0.3) is 0 Å². The summed E-state index contributed by atoms with van der Waals surface area (Å²) in [5, 5.41) is 0. The number of nitrogens with zero attached hydrogens (tertiary/aromatic N) is 2. The van der Waals surface area contributed by atoms with Crippen LogP contribution in [0.1, 0.15) is 18.4 Å². The van der Waals surface area contributed by atoms with Crippen LogP contribution in [0.3, 0.4) is 0 Å². The van der Waals surface area contributed by atoms with Gasteiger partial charge in [0.15, 0.2) is 0 Å². The first-order chi connectivity index (χ1) is 8.52.